The Labute approximate surface area is 360 Å². The number of hydrogen-bond acceptors (Lipinski definition) is 0. The first kappa shape index (κ1) is 35.7. The third-order valence-electron chi connectivity index (χ3n) is 12.5. The van der Waals surface area contributed by atoms with Gasteiger partial charge >= 0.3 is 0 Å². The Kier molecular flexibility index (Phi) is 8.53. The third-order valence-corrected chi connectivity index (χ3v) is 12.5. The average Bonchev–Trinajstić information content (AvgIpc) is 3.87. The molecule has 2 nitrogen and oxygen atoms in total. The van der Waals surface area contributed by atoms with Crippen LogP contribution < -0.4 is 0 Å². The van der Waals surface area contributed by atoms with Crippen LogP contribution in [0.15, 0.2) is 243 Å². The zero-order valence-electron chi connectivity index (χ0n) is 34.0. The molecule has 2 aromatic heterocycles. The maximum absolute atomic E-state index is 2.45. The predicted molar refractivity (Wildman–Crippen MR) is 262 cm³/mol. The normalized spacial score (nSPS) is 11.5. The van der Waals surface area contributed by atoms with Gasteiger partial charge in [-0.15, -0.1) is 0 Å². The van der Waals surface area contributed by atoms with Crippen LogP contribution in [0.1, 0.15) is 0 Å². The van der Waals surface area contributed by atoms with Crippen molar-refractivity contribution >= 4 is 43.6 Å². The van der Waals surface area contributed by atoms with Gasteiger partial charge in [0.15, 0.2) is 0 Å². The van der Waals surface area contributed by atoms with Crippen molar-refractivity contribution in [3.05, 3.63) is 243 Å². The van der Waals surface area contributed by atoms with Gasteiger partial charge in [-0.25, -0.2) is 0 Å². The Morgan fingerprint density at radius 3 is 1.00 bits per heavy atom. The molecule has 0 amide bonds. The van der Waals surface area contributed by atoms with Crippen LogP contribution in [0.25, 0.3) is 111 Å². The first-order valence-electron chi connectivity index (χ1n) is 21.4. The second kappa shape index (κ2) is 14.8. The van der Waals surface area contributed by atoms with E-state index in [1.165, 1.54) is 88.1 Å². The SMILES string of the molecule is c1ccc(-c2cc(-c3ccccc3)c(-c3ccc4c5ccccc5n(-c5ccccc5)c4c3)c(-c3ccc4c5ccccc5n(-c5ccccc5)c4c3)c2-c2ccccc2)cc1. The quantitative estimate of drug-likeness (QED) is 0.152. The zero-order valence-corrected chi connectivity index (χ0v) is 34.0. The van der Waals surface area contributed by atoms with E-state index < -0.39 is 0 Å². The lowest BCUT2D eigenvalue weighted by atomic mass is 9.78. The molecule has 0 saturated heterocycles. The summed E-state index contributed by atoms with van der Waals surface area (Å²) in [4.78, 5) is 0. The fourth-order valence-corrected chi connectivity index (χ4v) is 9.83. The Bertz CT molecular complexity index is 3580. The van der Waals surface area contributed by atoms with E-state index in [1.54, 1.807) is 0 Å². The van der Waals surface area contributed by atoms with Crippen LogP contribution in [0.3, 0.4) is 0 Å². The van der Waals surface area contributed by atoms with Gasteiger partial charge in [-0.1, -0.05) is 188 Å². The lowest BCUT2D eigenvalue weighted by Gasteiger charge is -2.25. The number of hydrogen-bond donors (Lipinski definition) is 0. The van der Waals surface area contributed by atoms with Gasteiger partial charge in [0.2, 0.25) is 0 Å². The fraction of sp³-hybridized carbons (Fsp3) is 0. The van der Waals surface area contributed by atoms with E-state index in [-0.39, 0.29) is 0 Å². The Morgan fingerprint density at radius 1 is 0.210 bits per heavy atom. The first-order valence-corrected chi connectivity index (χ1v) is 21.4. The molecule has 10 aromatic carbocycles. The van der Waals surface area contributed by atoms with Crippen molar-refractivity contribution in [1.82, 2.24) is 9.13 Å². The second-order valence-electron chi connectivity index (χ2n) is 16.0. The number of nitrogens with zero attached hydrogens (tertiary/aromatic N) is 2. The molecule has 0 bridgehead atoms. The van der Waals surface area contributed by atoms with Crippen molar-refractivity contribution in [3.63, 3.8) is 0 Å². The molecular formula is C60H40N2. The summed E-state index contributed by atoms with van der Waals surface area (Å²) >= 11 is 0. The molecule has 290 valence electrons. The van der Waals surface area contributed by atoms with E-state index in [1.807, 2.05) is 0 Å². The van der Waals surface area contributed by atoms with Gasteiger partial charge in [-0.2, -0.15) is 0 Å². The van der Waals surface area contributed by atoms with Gasteiger partial charge < -0.3 is 9.13 Å². The van der Waals surface area contributed by atoms with Gasteiger partial charge in [0.1, 0.15) is 0 Å². The van der Waals surface area contributed by atoms with E-state index >= 15 is 0 Å². The molecule has 0 aliphatic rings. The van der Waals surface area contributed by atoms with Gasteiger partial charge in [0.05, 0.1) is 22.1 Å². The minimum Gasteiger partial charge on any atom is -0.309 e. The molecule has 12 rings (SSSR count). The Balaban J connectivity index is 1.27. The number of rotatable bonds is 7. The lowest BCUT2D eigenvalue weighted by Crippen LogP contribution is -1.99. The van der Waals surface area contributed by atoms with Crippen molar-refractivity contribution in [1.29, 1.82) is 0 Å². The molecule has 2 heterocycles. The van der Waals surface area contributed by atoms with Crippen molar-refractivity contribution in [2.75, 3.05) is 0 Å². The van der Waals surface area contributed by atoms with E-state index in [2.05, 4.69) is 252 Å². The highest BCUT2D eigenvalue weighted by molar-refractivity contribution is 6.15. The summed E-state index contributed by atoms with van der Waals surface area (Å²) in [6.07, 6.45) is 0. The maximum atomic E-state index is 2.45. The summed E-state index contributed by atoms with van der Waals surface area (Å²) in [5.41, 5.74) is 18.8. The highest BCUT2D eigenvalue weighted by atomic mass is 15.0. The molecule has 2 heteroatoms. The molecule has 0 spiro atoms. The van der Waals surface area contributed by atoms with E-state index in [9.17, 15) is 0 Å². The minimum absolute atomic E-state index is 1.14. The molecule has 0 saturated carbocycles. The third kappa shape index (κ3) is 5.80. The summed E-state index contributed by atoms with van der Waals surface area (Å²) in [7, 11) is 0. The molecule has 0 aliphatic carbocycles. The van der Waals surface area contributed by atoms with Crippen LogP contribution >= 0.6 is 0 Å². The molecule has 0 unspecified atom stereocenters. The standard InChI is InChI=1S/C60H40N2/c1-6-20-41(21-7-1)52-40-53(42-22-8-2-9-23-42)59(44-34-36-50-48-30-16-18-32-54(48)61(56(50)38-44)46-26-12-4-13-27-46)60(58(52)43-24-10-3-11-25-43)45-35-37-51-49-31-17-19-33-55(49)62(57(51)39-45)47-28-14-5-15-29-47/h1-40H. The smallest absolute Gasteiger partial charge is 0.0547 e. The summed E-state index contributed by atoms with van der Waals surface area (Å²) in [6.45, 7) is 0. The zero-order chi connectivity index (χ0) is 41.0. The van der Waals surface area contributed by atoms with Gasteiger partial charge in [-0.05, 0) is 110 Å². The highest BCUT2D eigenvalue weighted by Gasteiger charge is 2.26. The van der Waals surface area contributed by atoms with Crippen molar-refractivity contribution < 1.29 is 0 Å². The number of para-hydroxylation sites is 4. The predicted octanol–water partition coefficient (Wildman–Crippen LogP) is 16.2. The Hall–Kier alpha value is -8.20. The van der Waals surface area contributed by atoms with Crippen molar-refractivity contribution in [2.45, 2.75) is 0 Å². The molecule has 0 aliphatic heterocycles. The summed E-state index contributed by atoms with van der Waals surface area (Å²) in [5, 5.41) is 4.94. The van der Waals surface area contributed by atoms with E-state index in [0.717, 1.165) is 22.5 Å². The van der Waals surface area contributed by atoms with Gasteiger partial charge in [-0.3, -0.25) is 0 Å². The van der Waals surface area contributed by atoms with E-state index in [0.29, 0.717) is 0 Å². The largest absolute Gasteiger partial charge is 0.309 e. The van der Waals surface area contributed by atoms with E-state index in [4.69, 9.17) is 0 Å². The van der Waals surface area contributed by atoms with Crippen LogP contribution in [0.2, 0.25) is 0 Å². The van der Waals surface area contributed by atoms with Gasteiger partial charge in [0, 0.05) is 32.9 Å². The summed E-state index contributed by atoms with van der Waals surface area (Å²) < 4.78 is 4.86. The van der Waals surface area contributed by atoms with Gasteiger partial charge in [0.25, 0.3) is 0 Å². The lowest BCUT2D eigenvalue weighted by molar-refractivity contribution is 1.18. The average molecular weight is 789 g/mol. The fourth-order valence-electron chi connectivity index (χ4n) is 9.83. The molecule has 0 radical (unpaired) electrons. The summed E-state index contributed by atoms with van der Waals surface area (Å²) in [5.74, 6) is 0. The van der Waals surface area contributed by atoms with Crippen LogP contribution in [-0.4, -0.2) is 9.13 Å². The monoisotopic (exact) mass is 788 g/mol. The molecule has 62 heavy (non-hydrogen) atoms. The number of fused-ring (bicyclic) bond motifs is 6. The Morgan fingerprint density at radius 2 is 0.548 bits per heavy atom. The minimum atomic E-state index is 1.14. The van der Waals surface area contributed by atoms with Crippen LogP contribution in [0.5, 0.6) is 0 Å². The maximum Gasteiger partial charge on any atom is 0.0547 e. The first-order chi connectivity index (χ1) is 30.8. The molecule has 0 N–H and O–H groups in total. The summed E-state index contributed by atoms with van der Waals surface area (Å²) in [6, 6.07) is 88.7. The molecule has 12 aromatic rings. The van der Waals surface area contributed by atoms with Crippen LogP contribution in [0.4, 0.5) is 0 Å². The van der Waals surface area contributed by atoms with Crippen molar-refractivity contribution in [3.8, 4) is 67.0 Å². The molecule has 0 atom stereocenters. The number of aromatic nitrogens is 2. The van der Waals surface area contributed by atoms with Crippen LogP contribution in [0, 0.1) is 0 Å². The van der Waals surface area contributed by atoms with Crippen molar-refractivity contribution in [2.24, 2.45) is 0 Å². The topological polar surface area (TPSA) is 9.86 Å². The molecule has 0 fully saturated rings. The second-order valence-corrected chi connectivity index (χ2v) is 16.0. The van der Waals surface area contributed by atoms with Crippen LogP contribution in [-0.2, 0) is 0 Å². The molecular weight excluding hydrogens is 749 g/mol. The number of benzene rings is 10. The highest BCUT2D eigenvalue weighted by Crippen LogP contribution is 2.52.